The number of nitrogens with zero attached hydrogens (tertiary/aromatic N) is 4. The lowest BCUT2D eigenvalue weighted by Gasteiger charge is -2.34. The maximum atomic E-state index is 5.42. The fourth-order valence-corrected chi connectivity index (χ4v) is 25.7. The summed E-state index contributed by atoms with van der Waals surface area (Å²) in [4.78, 5) is 10.8. The first-order valence-corrected chi connectivity index (χ1v) is 46.5. The monoisotopic (exact) mass is 1680 g/mol. The van der Waals surface area contributed by atoms with Gasteiger partial charge in [-0.15, -0.1) is 22.7 Å². The normalized spacial score (nSPS) is 13.2. The zero-order chi connectivity index (χ0) is 85.0. The van der Waals surface area contributed by atoms with Crippen LogP contribution in [0.4, 0.5) is 0 Å². The third-order valence-electron chi connectivity index (χ3n) is 28.6. The lowest BCUT2D eigenvalue weighted by Crippen LogP contribution is -2.28. The SMILES string of the molecule is c1ccc(-c2nc3ccccc3c3c2cc(-n2c4ccccc4c4cc(-c5ccc6c(c5)C(c5ccccc5)(c5ccccc5)c5ccccc5-6)ccc42)c2sc4ccccc4c23)cc1.c1ccc(-c2nc3ccccc3c3c2cc(-n2c4ccccc4c4cc(-c5ccc6c(c5)C5(c7ccccc7-c7ccccc75)c5ccccc5-6)ccc42)c2sc4ccccc4c23)cc1. The number of hydrogen-bond donors (Lipinski definition) is 0. The Bertz CT molecular complexity index is 8760. The first kappa shape index (κ1) is 73.0. The van der Waals surface area contributed by atoms with Crippen molar-refractivity contribution < 1.29 is 0 Å². The van der Waals surface area contributed by atoms with Gasteiger partial charge in [0.2, 0.25) is 0 Å². The van der Waals surface area contributed by atoms with Gasteiger partial charge in [-0.25, -0.2) is 9.97 Å². The highest BCUT2D eigenvalue weighted by molar-refractivity contribution is 7.27. The molecule has 26 aromatic rings. The minimum atomic E-state index is -0.463. The van der Waals surface area contributed by atoms with Crippen LogP contribution in [-0.4, -0.2) is 19.1 Å². The van der Waals surface area contributed by atoms with Gasteiger partial charge in [-0.1, -0.05) is 364 Å². The molecule has 1 spiro atoms. The van der Waals surface area contributed by atoms with E-state index in [1.54, 1.807) is 0 Å². The lowest BCUT2D eigenvalue weighted by atomic mass is 9.67. The van der Waals surface area contributed by atoms with Gasteiger partial charge in [-0.3, -0.25) is 0 Å². The molecule has 0 unspecified atom stereocenters. The average molecular weight is 1680 g/mol. The summed E-state index contributed by atoms with van der Waals surface area (Å²) in [5.74, 6) is 0. The van der Waals surface area contributed by atoms with E-state index in [1.165, 1.54) is 217 Å². The van der Waals surface area contributed by atoms with E-state index >= 15 is 0 Å². The third-order valence-corrected chi connectivity index (χ3v) is 31.0. The quantitative estimate of drug-likeness (QED) is 0.142. The van der Waals surface area contributed by atoms with Crippen molar-refractivity contribution in [1.29, 1.82) is 0 Å². The van der Waals surface area contributed by atoms with Gasteiger partial charge in [-0.2, -0.15) is 0 Å². The van der Waals surface area contributed by atoms with Crippen LogP contribution in [-0.2, 0) is 10.8 Å². The third kappa shape index (κ3) is 10.3. The van der Waals surface area contributed by atoms with Gasteiger partial charge in [0.15, 0.2) is 0 Å². The van der Waals surface area contributed by atoms with Crippen molar-refractivity contribution in [2.75, 3.05) is 0 Å². The van der Waals surface area contributed by atoms with Crippen molar-refractivity contribution in [3.05, 3.63) is 493 Å². The second-order valence-electron chi connectivity index (χ2n) is 35.0. The second kappa shape index (κ2) is 28.1. The molecule has 6 heteroatoms. The molecule has 602 valence electrons. The maximum absolute atomic E-state index is 5.42. The van der Waals surface area contributed by atoms with Gasteiger partial charge in [-0.05, 0) is 185 Å². The fourth-order valence-electron chi connectivity index (χ4n) is 23.3. The maximum Gasteiger partial charge on any atom is 0.0789 e. The van der Waals surface area contributed by atoms with Crippen LogP contribution < -0.4 is 0 Å². The molecular weight excluding hydrogens is 1610 g/mol. The van der Waals surface area contributed by atoms with Crippen LogP contribution in [0, 0.1) is 0 Å². The van der Waals surface area contributed by atoms with Gasteiger partial charge in [0.05, 0.1) is 76.1 Å². The summed E-state index contributed by atoms with van der Waals surface area (Å²) in [6.07, 6.45) is 0. The molecule has 0 N–H and O–H groups in total. The Morgan fingerprint density at radius 2 is 0.500 bits per heavy atom. The Hall–Kier alpha value is -16.2. The largest absolute Gasteiger partial charge is 0.308 e. The van der Waals surface area contributed by atoms with Gasteiger partial charge in [0.1, 0.15) is 0 Å². The van der Waals surface area contributed by atoms with Crippen LogP contribution >= 0.6 is 22.7 Å². The number of pyridine rings is 2. The van der Waals surface area contributed by atoms with E-state index in [9.17, 15) is 0 Å². The van der Waals surface area contributed by atoms with Crippen LogP contribution in [0.1, 0.15) is 44.5 Å². The van der Waals surface area contributed by atoms with Crippen molar-refractivity contribution in [2.45, 2.75) is 10.8 Å². The first-order chi connectivity index (χ1) is 64.5. The molecule has 3 aliphatic carbocycles. The summed E-state index contributed by atoms with van der Waals surface area (Å²) in [6.45, 7) is 0. The van der Waals surface area contributed by atoms with Crippen molar-refractivity contribution in [1.82, 2.24) is 19.1 Å². The lowest BCUT2D eigenvalue weighted by molar-refractivity contribution is 0.769. The Morgan fingerprint density at radius 3 is 0.923 bits per heavy atom. The number of thiophene rings is 2. The van der Waals surface area contributed by atoms with Crippen LogP contribution in [0.3, 0.4) is 0 Å². The Labute approximate surface area is 757 Å². The molecule has 6 heterocycles. The summed E-state index contributed by atoms with van der Waals surface area (Å²) in [6, 6.07) is 166. The van der Waals surface area contributed by atoms with E-state index in [-0.39, 0.29) is 5.41 Å². The Balaban J connectivity index is 0.000000131. The average Bonchev–Trinajstić information content (AvgIpc) is 1.51. The summed E-state index contributed by atoms with van der Waals surface area (Å²) < 4.78 is 10.2. The highest BCUT2D eigenvalue weighted by atomic mass is 32.1. The number of aromatic nitrogens is 4. The Morgan fingerprint density at radius 1 is 0.192 bits per heavy atom. The summed E-state index contributed by atoms with van der Waals surface area (Å²) in [7, 11) is 0. The highest BCUT2D eigenvalue weighted by Gasteiger charge is 2.52. The molecule has 6 aromatic heterocycles. The Kier molecular flexibility index (Phi) is 15.8. The van der Waals surface area contributed by atoms with Gasteiger partial charge < -0.3 is 9.13 Å². The smallest absolute Gasteiger partial charge is 0.0789 e. The summed E-state index contributed by atoms with van der Waals surface area (Å²) in [5.41, 5.74) is 35.8. The molecular formula is C124H74N4S2. The van der Waals surface area contributed by atoms with Gasteiger partial charge in [0, 0.05) is 95.9 Å². The van der Waals surface area contributed by atoms with Crippen molar-refractivity contribution in [3.8, 4) is 89.5 Å². The molecule has 0 bridgehead atoms. The standard InChI is InChI=1S/C62H36N2S.C62H38N2S/c1-2-16-37(17-3-1)60-48-36-56(61-59(46-23-9-15-29-57(46)65-61)58(48)45-22-7-13-27-53(45)63-60)64-54-28-14-8-21-44(54)47-34-38(31-33-55(47)64)39-30-32-43-42-20-6-12-26-51(42)62(52(43)35-39)49-24-10-4-18-40(49)41-19-5-11-25-50(41)62;1-4-18-39(19-5-1)60-50-38-56(61-59(48-27-13-17-31-57(48)65-61)58(50)47-26-11-15-29-53(47)63-60)64-54-30-16-12-25-46(54)49-36-40(33-35-55(49)64)41-32-34-45-44-24-10-14-28-51(44)62(52(45)37-41,42-20-6-2-7-21-42)43-22-8-3-9-23-43/h1-36H;1-38H. The number of fused-ring (bicyclic) bond motifs is 33. The zero-order valence-electron chi connectivity index (χ0n) is 70.3. The summed E-state index contributed by atoms with van der Waals surface area (Å²) >= 11 is 3.78. The molecule has 3 aliphatic rings. The van der Waals surface area contributed by atoms with E-state index in [1.807, 2.05) is 22.7 Å². The molecule has 0 radical (unpaired) electrons. The number of para-hydroxylation sites is 4. The van der Waals surface area contributed by atoms with Crippen LogP contribution in [0.5, 0.6) is 0 Å². The van der Waals surface area contributed by atoms with Crippen molar-refractivity contribution in [3.63, 3.8) is 0 Å². The van der Waals surface area contributed by atoms with Gasteiger partial charge in [0.25, 0.3) is 0 Å². The molecule has 20 aromatic carbocycles. The molecule has 0 atom stereocenters. The topological polar surface area (TPSA) is 35.6 Å². The summed E-state index contributed by atoms with van der Waals surface area (Å²) in [5, 5.41) is 17.3. The van der Waals surface area contributed by atoms with E-state index in [0.29, 0.717) is 0 Å². The van der Waals surface area contributed by atoms with Gasteiger partial charge >= 0.3 is 0 Å². The fraction of sp³-hybridized carbons (Fsp3) is 0.0161. The predicted octanol–water partition coefficient (Wildman–Crippen LogP) is 33.1. The molecule has 29 rings (SSSR count). The van der Waals surface area contributed by atoms with E-state index in [4.69, 9.17) is 9.97 Å². The number of rotatable bonds is 8. The van der Waals surface area contributed by atoms with E-state index in [2.05, 4.69) is 458 Å². The second-order valence-corrected chi connectivity index (χ2v) is 37.1. The molecule has 130 heavy (non-hydrogen) atoms. The molecule has 0 aliphatic heterocycles. The molecule has 0 saturated carbocycles. The van der Waals surface area contributed by atoms with Crippen LogP contribution in [0.2, 0.25) is 0 Å². The highest BCUT2D eigenvalue weighted by Crippen LogP contribution is 2.64. The first-order valence-electron chi connectivity index (χ1n) is 44.8. The minimum Gasteiger partial charge on any atom is -0.308 e. The molecule has 0 fully saturated rings. The van der Waals surface area contributed by atoms with Crippen molar-refractivity contribution >= 4 is 150 Å². The van der Waals surface area contributed by atoms with E-state index in [0.717, 1.165) is 44.3 Å². The number of benzene rings is 20. The number of hydrogen-bond acceptors (Lipinski definition) is 4. The molecule has 0 saturated heterocycles. The van der Waals surface area contributed by atoms with E-state index < -0.39 is 5.41 Å². The van der Waals surface area contributed by atoms with Crippen LogP contribution in [0.15, 0.2) is 449 Å². The molecule has 4 nitrogen and oxygen atoms in total. The predicted molar refractivity (Wildman–Crippen MR) is 548 cm³/mol. The molecule has 0 amide bonds. The van der Waals surface area contributed by atoms with Crippen LogP contribution in [0.25, 0.3) is 217 Å². The minimum absolute atomic E-state index is 0.389. The zero-order valence-corrected chi connectivity index (χ0v) is 72.0. The van der Waals surface area contributed by atoms with Crippen molar-refractivity contribution in [2.24, 2.45) is 0 Å².